The highest BCUT2D eigenvalue weighted by atomic mass is 19.1. The van der Waals surface area contributed by atoms with Gasteiger partial charge in [0, 0.05) is 0 Å². The maximum Gasteiger partial charge on any atom is 0.634 e. The van der Waals surface area contributed by atoms with Gasteiger partial charge in [0.25, 0.3) is 0 Å². The molecule has 0 saturated heterocycles. The molecule has 1 aliphatic carbocycles. The highest BCUT2D eigenvalue weighted by Crippen LogP contribution is 2.58. The Balaban J connectivity index is 2.11. The monoisotopic (exact) mass is 426 g/mol. The fourth-order valence-electron chi connectivity index (χ4n) is 5.15. The minimum absolute atomic E-state index is 0.293. The summed E-state index contributed by atoms with van der Waals surface area (Å²) in [7, 11) is -2.18. The topological polar surface area (TPSA) is 49.7 Å². The van der Waals surface area contributed by atoms with Crippen molar-refractivity contribution in [3.05, 3.63) is 107 Å². The smallest absolute Gasteiger partial charge is 0.402 e. The third-order valence-corrected chi connectivity index (χ3v) is 6.25. The molecule has 4 rings (SSSR count). The van der Waals surface area contributed by atoms with Gasteiger partial charge in [0.05, 0.1) is 11.0 Å². The largest absolute Gasteiger partial charge is 0.634 e. The molecular formula is C24H22BF3O3. The Bertz CT molecular complexity index is 1030. The van der Waals surface area contributed by atoms with Gasteiger partial charge in [-0.2, -0.15) is 0 Å². The van der Waals surface area contributed by atoms with Gasteiger partial charge in [0.15, 0.2) is 0 Å². The Morgan fingerprint density at radius 1 is 0.677 bits per heavy atom. The molecule has 3 nitrogen and oxygen atoms in total. The van der Waals surface area contributed by atoms with E-state index in [1.807, 2.05) is 0 Å². The zero-order valence-electron chi connectivity index (χ0n) is 16.8. The first-order valence-electron chi connectivity index (χ1n) is 10.2. The lowest BCUT2D eigenvalue weighted by molar-refractivity contribution is -0.0665. The maximum atomic E-state index is 14.4. The van der Waals surface area contributed by atoms with Crippen LogP contribution in [0.2, 0.25) is 0 Å². The van der Waals surface area contributed by atoms with E-state index in [1.165, 1.54) is 42.5 Å². The van der Waals surface area contributed by atoms with E-state index in [9.17, 15) is 23.2 Å². The SMILES string of the molecule is OB(O)OC1(c2cccc(F)c2)CCCCC1(c1cccc(F)c1)c1cccc(F)c1. The number of halogens is 3. The van der Waals surface area contributed by atoms with E-state index in [0.717, 1.165) is 0 Å². The molecule has 0 spiro atoms. The van der Waals surface area contributed by atoms with Crippen LogP contribution in [0.3, 0.4) is 0 Å². The quantitative estimate of drug-likeness (QED) is 0.574. The summed E-state index contributed by atoms with van der Waals surface area (Å²) in [5.41, 5.74) is -1.34. The predicted octanol–water partition coefficient (Wildman–Crippen LogP) is 4.85. The van der Waals surface area contributed by atoms with Crippen molar-refractivity contribution in [1.29, 1.82) is 0 Å². The van der Waals surface area contributed by atoms with Gasteiger partial charge < -0.3 is 14.7 Å². The molecule has 0 amide bonds. The first kappa shape index (κ1) is 21.6. The van der Waals surface area contributed by atoms with Crippen molar-refractivity contribution >= 4 is 7.32 Å². The molecule has 3 aromatic carbocycles. The lowest BCUT2D eigenvalue weighted by atomic mass is 9.54. The Kier molecular flexibility index (Phi) is 5.93. The molecule has 3 aromatic rings. The summed E-state index contributed by atoms with van der Waals surface area (Å²) >= 11 is 0. The van der Waals surface area contributed by atoms with Crippen molar-refractivity contribution in [2.75, 3.05) is 0 Å². The molecule has 160 valence electrons. The second-order valence-corrected chi connectivity index (χ2v) is 7.91. The number of hydrogen-bond acceptors (Lipinski definition) is 3. The second kappa shape index (κ2) is 8.50. The number of hydrogen-bond donors (Lipinski definition) is 2. The normalized spacial score (nSPS) is 20.4. The maximum absolute atomic E-state index is 14.4. The van der Waals surface area contributed by atoms with E-state index >= 15 is 0 Å². The highest BCUT2D eigenvalue weighted by molar-refractivity contribution is 6.32. The Hall–Kier alpha value is -2.61. The first-order valence-corrected chi connectivity index (χ1v) is 10.2. The van der Waals surface area contributed by atoms with Crippen LogP contribution in [0, 0.1) is 17.5 Å². The molecule has 1 fully saturated rings. The average Bonchev–Trinajstić information content (AvgIpc) is 2.73. The predicted molar refractivity (Wildman–Crippen MR) is 111 cm³/mol. The molecule has 7 heteroatoms. The Morgan fingerprint density at radius 2 is 1.13 bits per heavy atom. The van der Waals surface area contributed by atoms with Crippen molar-refractivity contribution in [3.8, 4) is 0 Å². The van der Waals surface area contributed by atoms with Crippen LogP contribution in [0.1, 0.15) is 42.4 Å². The first-order chi connectivity index (χ1) is 14.9. The molecule has 1 aliphatic rings. The van der Waals surface area contributed by atoms with E-state index in [4.69, 9.17) is 4.65 Å². The molecule has 31 heavy (non-hydrogen) atoms. The molecule has 0 heterocycles. The summed E-state index contributed by atoms with van der Waals surface area (Å²) in [5.74, 6) is -1.50. The van der Waals surface area contributed by atoms with Crippen LogP contribution in [0.15, 0.2) is 72.8 Å². The van der Waals surface area contributed by atoms with Gasteiger partial charge in [-0.3, -0.25) is 0 Å². The summed E-state index contributed by atoms with van der Waals surface area (Å²) in [5, 5.41) is 19.9. The zero-order chi connectivity index (χ0) is 22.1. The third-order valence-electron chi connectivity index (χ3n) is 6.25. The van der Waals surface area contributed by atoms with Crippen molar-refractivity contribution in [3.63, 3.8) is 0 Å². The standard InChI is InChI=1S/C24H22BF3O3/c26-20-9-3-6-17(14-20)23(18-7-4-10-21(27)15-18)12-1-2-13-24(23,31-25(29)30)19-8-5-11-22(28)16-19/h3-11,14-16,29-30H,1-2,12-13H2. The third kappa shape index (κ3) is 3.78. The average molecular weight is 426 g/mol. The molecule has 1 unspecified atom stereocenters. The van der Waals surface area contributed by atoms with Gasteiger partial charge in [-0.25, -0.2) is 13.2 Å². The molecule has 0 bridgehead atoms. The molecule has 1 atom stereocenters. The van der Waals surface area contributed by atoms with Gasteiger partial charge in [0.2, 0.25) is 0 Å². The fraction of sp³-hybridized carbons (Fsp3) is 0.250. The lowest BCUT2D eigenvalue weighted by Crippen LogP contribution is -2.56. The van der Waals surface area contributed by atoms with Gasteiger partial charge in [-0.05, 0) is 65.9 Å². The summed E-state index contributed by atoms with van der Waals surface area (Å²) in [6.45, 7) is 0. The molecule has 1 saturated carbocycles. The highest BCUT2D eigenvalue weighted by Gasteiger charge is 2.58. The van der Waals surface area contributed by atoms with Gasteiger partial charge in [0.1, 0.15) is 17.5 Å². The minimum Gasteiger partial charge on any atom is -0.402 e. The van der Waals surface area contributed by atoms with Crippen molar-refractivity contribution < 1.29 is 27.9 Å². The van der Waals surface area contributed by atoms with Gasteiger partial charge in [-0.1, -0.05) is 49.2 Å². The van der Waals surface area contributed by atoms with E-state index in [1.54, 1.807) is 30.3 Å². The van der Waals surface area contributed by atoms with Crippen molar-refractivity contribution in [1.82, 2.24) is 0 Å². The lowest BCUT2D eigenvalue weighted by Gasteiger charge is -2.54. The molecule has 0 radical (unpaired) electrons. The molecule has 0 aliphatic heterocycles. The summed E-state index contributed by atoms with van der Waals surface area (Å²) < 4.78 is 48.9. The molecular weight excluding hydrogens is 404 g/mol. The van der Waals surface area contributed by atoms with Crippen LogP contribution in [0.25, 0.3) is 0 Å². The summed E-state index contributed by atoms with van der Waals surface area (Å²) in [6, 6.07) is 17.5. The van der Waals surface area contributed by atoms with Crippen molar-refractivity contribution in [2.45, 2.75) is 36.7 Å². The van der Waals surface area contributed by atoms with Crippen LogP contribution < -0.4 is 0 Å². The summed E-state index contributed by atoms with van der Waals surface area (Å²) in [6.07, 6.45) is 2.05. The van der Waals surface area contributed by atoms with E-state index in [2.05, 4.69) is 0 Å². The number of rotatable bonds is 5. The number of benzene rings is 3. The zero-order valence-corrected chi connectivity index (χ0v) is 16.8. The fourth-order valence-corrected chi connectivity index (χ4v) is 5.15. The van der Waals surface area contributed by atoms with Crippen LogP contribution in [0.5, 0.6) is 0 Å². The second-order valence-electron chi connectivity index (χ2n) is 7.91. The van der Waals surface area contributed by atoms with Crippen molar-refractivity contribution in [2.24, 2.45) is 0 Å². The molecule has 0 aromatic heterocycles. The van der Waals surface area contributed by atoms with E-state index in [0.29, 0.717) is 42.4 Å². The van der Waals surface area contributed by atoms with E-state index in [-0.39, 0.29) is 0 Å². The van der Waals surface area contributed by atoms with Crippen LogP contribution in [-0.2, 0) is 15.7 Å². The van der Waals surface area contributed by atoms with E-state index < -0.39 is 35.8 Å². The van der Waals surface area contributed by atoms with Crippen LogP contribution in [0.4, 0.5) is 13.2 Å². The minimum atomic E-state index is -2.18. The van der Waals surface area contributed by atoms with Crippen LogP contribution >= 0.6 is 0 Å². The summed E-state index contributed by atoms with van der Waals surface area (Å²) in [4.78, 5) is 0. The Morgan fingerprint density at radius 3 is 1.61 bits per heavy atom. The Labute approximate surface area is 179 Å². The van der Waals surface area contributed by atoms with Gasteiger partial charge >= 0.3 is 7.32 Å². The van der Waals surface area contributed by atoms with Gasteiger partial charge in [-0.15, -0.1) is 0 Å². The molecule has 2 N–H and O–H groups in total. The van der Waals surface area contributed by atoms with Crippen LogP contribution in [-0.4, -0.2) is 17.4 Å².